The summed E-state index contributed by atoms with van der Waals surface area (Å²) in [7, 11) is 0. The Morgan fingerprint density at radius 1 is 1.32 bits per heavy atom. The van der Waals surface area contributed by atoms with Crippen molar-refractivity contribution in [2.75, 3.05) is 13.2 Å². The molecule has 0 aliphatic heterocycles. The molecule has 1 rings (SSSR count). The number of nitrogens with one attached hydrogen (secondary N) is 1. The first-order valence-corrected chi connectivity index (χ1v) is 5.30. The van der Waals surface area contributed by atoms with Gasteiger partial charge in [-0.25, -0.2) is 0 Å². The lowest BCUT2D eigenvalue weighted by Gasteiger charge is -2.10. The number of ketones is 1. The number of phenolic OH excluding ortho intramolecular Hbond substituents is 3. The van der Waals surface area contributed by atoms with Crippen LogP contribution in [0.1, 0.15) is 14.1 Å². The van der Waals surface area contributed by atoms with Crippen LogP contribution in [0.4, 0.5) is 0 Å². The van der Waals surface area contributed by atoms with Gasteiger partial charge < -0.3 is 31.5 Å². The van der Waals surface area contributed by atoms with Crippen LogP contribution in [0.5, 0.6) is 17.2 Å². The van der Waals surface area contributed by atoms with Gasteiger partial charge in [0.25, 0.3) is 0 Å². The number of hydrogen-bond acceptors (Lipinski definition) is 7. The maximum absolute atomic E-state index is 11.3. The largest absolute Gasteiger partial charge is 0.504 e. The summed E-state index contributed by atoms with van der Waals surface area (Å²) < 4.78 is 0. The predicted octanol–water partition coefficient (Wildman–Crippen LogP) is 0.679. The van der Waals surface area contributed by atoms with Crippen molar-refractivity contribution in [3.05, 3.63) is 17.7 Å². The average Bonchev–Trinajstić information content (AvgIpc) is 2.37. The highest BCUT2D eigenvalue weighted by Gasteiger charge is 2.13. The molecule has 7 nitrogen and oxygen atoms in total. The van der Waals surface area contributed by atoms with Gasteiger partial charge in [0.05, 0.1) is 19.2 Å². The Bertz CT molecular complexity index is 461. The van der Waals surface area contributed by atoms with E-state index in [1.165, 1.54) is 12.1 Å². The molecular weight excluding hydrogens is 276 g/mol. The monoisotopic (exact) mass is 304 g/mol. The number of phenols is 3. The molecule has 0 fully saturated rings. The number of halogens is 1. The molecule has 120 valence electrons. The molecular formula is C11H29ClN2O5. The van der Waals surface area contributed by atoms with Crippen LogP contribution in [-0.4, -0.2) is 45.4 Å². The van der Waals surface area contributed by atoms with E-state index in [-0.39, 0.29) is 39.8 Å². The zero-order valence-electron chi connectivity index (χ0n) is 10.0. The molecule has 7 N–H and O–H groups in total. The SMILES string of the molecule is Cl.NC(CO)C(=O)CNCc1ccc(O)c(O)c1O.[HH].[HH].[HH].[HH].[HH].[HH]. The van der Waals surface area contributed by atoms with E-state index in [1.54, 1.807) is 0 Å². The zero-order valence-corrected chi connectivity index (χ0v) is 10.9. The number of benzene rings is 1. The lowest BCUT2D eigenvalue weighted by Crippen LogP contribution is -2.39. The van der Waals surface area contributed by atoms with E-state index in [0.717, 1.165) is 0 Å². The van der Waals surface area contributed by atoms with Gasteiger partial charge >= 0.3 is 0 Å². The molecule has 0 aromatic heterocycles. The third-order valence-electron chi connectivity index (χ3n) is 2.44. The Labute approximate surface area is 125 Å². The predicted molar refractivity (Wildman–Crippen MR) is 83.1 cm³/mol. The highest BCUT2D eigenvalue weighted by molar-refractivity contribution is 5.85. The third-order valence-corrected chi connectivity index (χ3v) is 2.44. The number of aliphatic hydroxyl groups is 1. The van der Waals surface area contributed by atoms with Gasteiger partial charge in [-0.2, -0.15) is 0 Å². The Morgan fingerprint density at radius 3 is 2.53 bits per heavy atom. The van der Waals surface area contributed by atoms with Crippen LogP contribution in [0.25, 0.3) is 0 Å². The maximum Gasteiger partial charge on any atom is 0.200 e. The van der Waals surface area contributed by atoms with Crippen molar-refractivity contribution in [2.24, 2.45) is 5.73 Å². The van der Waals surface area contributed by atoms with Crippen LogP contribution in [0.3, 0.4) is 0 Å². The van der Waals surface area contributed by atoms with Crippen molar-refractivity contribution in [3.8, 4) is 17.2 Å². The second-order valence-corrected chi connectivity index (χ2v) is 3.80. The molecule has 19 heavy (non-hydrogen) atoms. The summed E-state index contributed by atoms with van der Waals surface area (Å²) in [5.74, 6) is -1.83. The van der Waals surface area contributed by atoms with Crippen molar-refractivity contribution in [3.63, 3.8) is 0 Å². The third kappa shape index (κ3) is 4.56. The summed E-state index contributed by atoms with van der Waals surface area (Å²) in [4.78, 5) is 11.3. The van der Waals surface area contributed by atoms with Crippen LogP contribution in [0.2, 0.25) is 0 Å². The van der Waals surface area contributed by atoms with Crippen molar-refractivity contribution in [1.29, 1.82) is 0 Å². The van der Waals surface area contributed by atoms with Crippen molar-refractivity contribution in [2.45, 2.75) is 12.6 Å². The first-order chi connectivity index (χ1) is 8.47. The van der Waals surface area contributed by atoms with Gasteiger partial charge in [0.2, 0.25) is 5.75 Å². The van der Waals surface area contributed by atoms with E-state index in [9.17, 15) is 15.0 Å². The number of rotatable bonds is 6. The zero-order chi connectivity index (χ0) is 13.7. The van der Waals surface area contributed by atoms with Crippen LogP contribution < -0.4 is 11.1 Å². The molecule has 0 bridgehead atoms. The molecule has 1 unspecified atom stereocenters. The Hall–Kier alpha value is -1.54. The number of aliphatic hydroxyl groups excluding tert-OH is 1. The second kappa shape index (κ2) is 7.80. The molecule has 0 aliphatic carbocycles. The fraction of sp³-hybridized carbons (Fsp3) is 0.364. The Morgan fingerprint density at radius 2 is 1.95 bits per heavy atom. The van der Waals surface area contributed by atoms with Gasteiger partial charge in [-0.05, 0) is 6.07 Å². The fourth-order valence-electron chi connectivity index (χ4n) is 1.31. The van der Waals surface area contributed by atoms with Crippen LogP contribution >= 0.6 is 12.4 Å². The number of Topliss-reactive ketones (excluding diaryl/α,β-unsaturated/α-hetero) is 1. The average molecular weight is 305 g/mol. The minimum Gasteiger partial charge on any atom is -0.504 e. The quantitative estimate of drug-likeness (QED) is 0.425. The van der Waals surface area contributed by atoms with Gasteiger partial charge in [-0.3, -0.25) is 4.79 Å². The smallest absolute Gasteiger partial charge is 0.200 e. The topological polar surface area (TPSA) is 136 Å². The first kappa shape index (κ1) is 17.5. The number of carbonyl (C=O) groups is 1. The van der Waals surface area contributed by atoms with E-state index in [4.69, 9.17) is 15.9 Å². The number of nitrogens with two attached hydrogens (primary N) is 1. The van der Waals surface area contributed by atoms with E-state index < -0.39 is 29.9 Å². The molecule has 8 heteroatoms. The number of carbonyl (C=O) groups excluding carboxylic acids is 1. The molecule has 1 aromatic carbocycles. The molecule has 0 heterocycles. The standard InChI is InChI=1S/C11H16N2O5.ClH.6H2/c12-7(5-14)9(16)4-13-3-6-1-2-8(15)11(18)10(6)17;;;;;;;/h1-2,7,13-15,17-18H,3-5,12H2;7*1H. The first-order valence-electron chi connectivity index (χ1n) is 5.30. The van der Waals surface area contributed by atoms with Crippen molar-refractivity contribution in [1.82, 2.24) is 5.32 Å². The van der Waals surface area contributed by atoms with E-state index >= 15 is 0 Å². The van der Waals surface area contributed by atoms with Gasteiger partial charge in [0.1, 0.15) is 0 Å². The van der Waals surface area contributed by atoms with Gasteiger partial charge in [-0.15, -0.1) is 12.4 Å². The molecule has 0 radical (unpaired) electrons. The molecule has 0 saturated heterocycles. The molecule has 0 saturated carbocycles. The summed E-state index contributed by atoms with van der Waals surface area (Å²) >= 11 is 0. The summed E-state index contributed by atoms with van der Waals surface area (Å²) in [6, 6.07) is 1.71. The number of aromatic hydroxyl groups is 3. The second-order valence-electron chi connectivity index (χ2n) is 3.80. The van der Waals surface area contributed by atoms with Gasteiger partial charge in [0.15, 0.2) is 17.3 Å². The summed E-state index contributed by atoms with van der Waals surface area (Å²) in [5.41, 5.74) is 5.64. The summed E-state index contributed by atoms with van der Waals surface area (Å²) in [6.07, 6.45) is 0. The van der Waals surface area contributed by atoms with E-state index in [0.29, 0.717) is 5.56 Å². The van der Waals surface area contributed by atoms with Crippen LogP contribution in [0, 0.1) is 0 Å². The fourth-order valence-corrected chi connectivity index (χ4v) is 1.31. The molecule has 0 spiro atoms. The summed E-state index contributed by atoms with van der Waals surface area (Å²) in [5, 5.41) is 39.3. The summed E-state index contributed by atoms with van der Waals surface area (Å²) in [6.45, 7) is -0.377. The lowest BCUT2D eigenvalue weighted by atomic mass is 10.1. The van der Waals surface area contributed by atoms with Gasteiger partial charge in [-0.1, -0.05) is 6.07 Å². The van der Waals surface area contributed by atoms with Gasteiger partial charge in [0, 0.05) is 20.7 Å². The highest BCUT2D eigenvalue weighted by Crippen LogP contribution is 2.36. The Balaban J connectivity index is -0.0000000926. The molecule has 0 aliphatic rings. The normalized spacial score (nSPS) is 11.7. The van der Waals surface area contributed by atoms with Crippen LogP contribution in [-0.2, 0) is 11.3 Å². The van der Waals surface area contributed by atoms with Crippen molar-refractivity contribution < 1.29 is 33.8 Å². The molecule has 1 aromatic rings. The van der Waals surface area contributed by atoms with E-state index in [2.05, 4.69) is 5.32 Å². The van der Waals surface area contributed by atoms with Crippen molar-refractivity contribution >= 4 is 18.2 Å². The minimum atomic E-state index is -0.931. The maximum atomic E-state index is 11.3. The lowest BCUT2D eigenvalue weighted by molar-refractivity contribution is -0.120. The molecule has 1 atom stereocenters. The Kier molecular flexibility index (Phi) is 7.17. The number of hydrogen-bond donors (Lipinski definition) is 6. The highest BCUT2D eigenvalue weighted by atomic mass is 35.5. The molecule has 0 amide bonds. The van der Waals surface area contributed by atoms with E-state index in [1.807, 2.05) is 0 Å². The van der Waals surface area contributed by atoms with Crippen LogP contribution in [0.15, 0.2) is 12.1 Å². The minimum absolute atomic E-state index is 0.